The smallest absolute Gasteiger partial charge is 0.266 e. The van der Waals surface area contributed by atoms with E-state index in [9.17, 15) is 14.9 Å². The highest BCUT2D eigenvalue weighted by Gasteiger charge is 2.08. The molecule has 0 aliphatic rings. The Morgan fingerprint density at radius 2 is 2.10 bits per heavy atom. The summed E-state index contributed by atoms with van der Waals surface area (Å²) in [5.41, 5.74) is 2.85. The third-order valence-electron chi connectivity index (χ3n) is 2.48. The van der Waals surface area contributed by atoms with Crippen molar-refractivity contribution in [2.24, 2.45) is 5.10 Å². The minimum atomic E-state index is -0.449. The molecular formula is C14H11N3O3S. The van der Waals surface area contributed by atoms with Gasteiger partial charge in [-0.25, -0.2) is 5.43 Å². The monoisotopic (exact) mass is 301 g/mol. The molecule has 0 aliphatic carbocycles. The van der Waals surface area contributed by atoms with Crippen LogP contribution in [0.15, 0.2) is 53.0 Å². The molecule has 21 heavy (non-hydrogen) atoms. The highest BCUT2D eigenvalue weighted by molar-refractivity contribution is 7.12. The standard InChI is InChI=1S/C14H11N3O3S/c18-14(13-8-4-10-21-13)16-15-9-3-6-11-5-1-2-7-12(11)17(19)20/h1-10H,(H,16,18)/b6-3+,15-9?. The number of para-hydroxylation sites is 1. The quantitative estimate of drug-likeness (QED) is 0.523. The molecule has 1 amide bonds. The Morgan fingerprint density at radius 1 is 1.29 bits per heavy atom. The fourth-order valence-electron chi connectivity index (χ4n) is 1.54. The number of carbonyl (C=O) groups is 1. The van der Waals surface area contributed by atoms with Gasteiger partial charge in [0.05, 0.1) is 15.4 Å². The Hall–Kier alpha value is -2.80. The average Bonchev–Trinajstić information content (AvgIpc) is 3.01. The Kier molecular flexibility index (Phi) is 4.94. The number of rotatable bonds is 5. The number of allylic oxidation sites excluding steroid dienone is 1. The van der Waals surface area contributed by atoms with Gasteiger partial charge < -0.3 is 0 Å². The number of nitro groups is 1. The second-order valence-corrected chi connectivity index (χ2v) is 4.82. The van der Waals surface area contributed by atoms with Crippen LogP contribution in [-0.2, 0) is 0 Å². The SMILES string of the molecule is O=C(NN=C/C=C/c1ccccc1[N+](=O)[O-])c1cccs1. The van der Waals surface area contributed by atoms with E-state index < -0.39 is 4.92 Å². The van der Waals surface area contributed by atoms with Gasteiger partial charge in [0.15, 0.2) is 0 Å². The molecule has 0 atom stereocenters. The van der Waals surface area contributed by atoms with Gasteiger partial charge in [0.2, 0.25) is 0 Å². The first-order valence-electron chi connectivity index (χ1n) is 5.95. The van der Waals surface area contributed by atoms with Gasteiger partial charge in [0, 0.05) is 12.3 Å². The molecule has 0 spiro atoms. The van der Waals surface area contributed by atoms with E-state index >= 15 is 0 Å². The maximum Gasteiger partial charge on any atom is 0.281 e. The van der Waals surface area contributed by atoms with E-state index in [-0.39, 0.29) is 11.6 Å². The lowest BCUT2D eigenvalue weighted by atomic mass is 10.2. The first kappa shape index (κ1) is 14.6. The van der Waals surface area contributed by atoms with Gasteiger partial charge in [-0.1, -0.05) is 18.2 Å². The number of thiophene rings is 1. The van der Waals surface area contributed by atoms with Gasteiger partial charge in [0.25, 0.3) is 11.6 Å². The van der Waals surface area contributed by atoms with E-state index in [2.05, 4.69) is 10.5 Å². The number of carbonyl (C=O) groups excluding carboxylic acids is 1. The zero-order valence-corrected chi connectivity index (χ0v) is 11.6. The van der Waals surface area contributed by atoms with Crippen molar-refractivity contribution in [2.45, 2.75) is 0 Å². The molecular weight excluding hydrogens is 290 g/mol. The zero-order valence-electron chi connectivity index (χ0n) is 10.8. The van der Waals surface area contributed by atoms with E-state index in [1.54, 1.807) is 41.8 Å². The van der Waals surface area contributed by atoms with Gasteiger partial charge in [-0.3, -0.25) is 14.9 Å². The van der Waals surface area contributed by atoms with Crippen molar-refractivity contribution in [3.05, 3.63) is 68.4 Å². The van der Waals surface area contributed by atoms with Crippen LogP contribution in [0.4, 0.5) is 5.69 Å². The van der Waals surface area contributed by atoms with E-state index in [1.165, 1.54) is 29.7 Å². The number of benzene rings is 1. The lowest BCUT2D eigenvalue weighted by molar-refractivity contribution is -0.385. The normalized spacial score (nSPS) is 11.0. The second kappa shape index (κ2) is 7.11. The summed E-state index contributed by atoms with van der Waals surface area (Å²) in [6, 6.07) is 9.84. The Bertz CT molecular complexity index is 693. The van der Waals surface area contributed by atoms with Crippen molar-refractivity contribution in [3.63, 3.8) is 0 Å². The maximum absolute atomic E-state index is 11.6. The topological polar surface area (TPSA) is 84.6 Å². The Labute approximate surface area is 124 Å². The summed E-state index contributed by atoms with van der Waals surface area (Å²) in [5, 5.41) is 16.4. The molecule has 2 aromatic rings. The summed E-state index contributed by atoms with van der Waals surface area (Å²) < 4.78 is 0. The third-order valence-corrected chi connectivity index (χ3v) is 3.35. The fraction of sp³-hybridized carbons (Fsp3) is 0. The highest BCUT2D eigenvalue weighted by atomic mass is 32.1. The number of hydrogen-bond acceptors (Lipinski definition) is 5. The van der Waals surface area contributed by atoms with E-state index in [0.717, 1.165) is 0 Å². The van der Waals surface area contributed by atoms with E-state index in [0.29, 0.717) is 10.4 Å². The predicted molar refractivity (Wildman–Crippen MR) is 82.4 cm³/mol. The second-order valence-electron chi connectivity index (χ2n) is 3.87. The van der Waals surface area contributed by atoms with Crippen molar-refractivity contribution >= 4 is 35.2 Å². The minimum absolute atomic E-state index is 0.0183. The molecule has 1 aromatic carbocycles. The van der Waals surface area contributed by atoms with Crippen molar-refractivity contribution < 1.29 is 9.72 Å². The molecule has 2 rings (SSSR count). The molecule has 1 heterocycles. The van der Waals surface area contributed by atoms with Gasteiger partial charge in [-0.2, -0.15) is 5.10 Å². The fourth-order valence-corrected chi connectivity index (χ4v) is 2.16. The molecule has 0 bridgehead atoms. The lowest BCUT2D eigenvalue weighted by Crippen LogP contribution is -2.15. The molecule has 1 N–H and O–H groups in total. The zero-order chi connectivity index (χ0) is 15.1. The third kappa shape index (κ3) is 4.08. The number of nitro benzene ring substituents is 1. The van der Waals surface area contributed by atoms with Gasteiger partial charge in [-0.15, -0.1) is 11.3 Å². The van der Waals surface area contributed by atoms with Crippen LogP contribution >= 0.6 is 11.3 Å². The molecule has 0 saturated carbocycles. The molecule has 0 unspecified atom stereocenters. The number of hydrogen-bond donors (Lipinski definition) is 1. The van der Waals surface area contributed by atoms with Crippen molar-refractivity contribution in [3.8, 4) is 0 Å². The number of nitrogens with zero attached hydrogens (tertiary/aromatic N) is 2. The first-order chi connectivity index (χ1) is 10.2. The molecule has 0 saturated heterocycles. The van der Waals surface area contributed by atoms with Crippen molar-refractivity contribution in [1.29, 1.82) is 0 Å². The van der Waals surface area contributed by atoms with Gasteiger partial charge >= 0.3 is 0 Å². The largest absolute Gasteiger partial charge is 0.281 e. The predicted octanol–water partition coefficient (Wildman–Crippen LogP) is 3.09. The Morgan fingerprint density at radius 3 is 2.81 bits per heavy atom. The average molecular weight is 301 g/mol. The molecule has 7 heteroatoms. The van der Waals surface area contributed by atoms with Crippen LogP contribution in [0.2, 0.25) is 0 Å². The molecule has 1 aromatic heterocycles. The highest BCUT2D eigenvalue weighted by Crippen LogP contribution is 2.18. The number of amides is 1. The summed E-state index contributed by atoms with van der Waals surface area (Å²) >= 11 is 1.32. The van der Waals surface area contributed by atoms with Crippen LogP contribution in [0.25, 0.3) is 6.08 Å². The van der Waals surface area contributed by atoms with Gasteiger partial charge in [0.1, 0.15) is 0 Å². The number of hydrazone groups is 1. The van der Waals surface area contributed by atoms with Crippen LogP contribution in [0, 0.1) is 10.1 Å². The maximum atomic E-state index is 11.6. The molecule has 0 radical (unpaired) electrons. The van der Waals surface area contributed by atoms with Crippen LogP contribution in [0.1, 0.15) is 15.2 Å². The summed E-state index contributed by atoms with van der Waals surface area (Å²) in [7, 11) is 0. The first-order valence-corrected chi connectivity index (χ1v) is 6.83. The summed E-state index contributed by atoms with van der Waals surface area (Å²) in [6.07, 6.45) is 4.44. The van der Waals surface area contributed by atoms with E-state index in [4.69, 9.17) is 0 Å². The Balaban J connectivity index is 1.95. The lowest BCUT2D eigenvalue weighted by Gasteiger charge is -1.95. The van der Waals surface area contributed by atoms with Crippen molar-refractivity contribution in [1.82, 2.24) is 5.43 Å². The van der Waals surface area contributed by atoms with Crippen LogP contribution in [0.5, 0.6) is 0 Å². The minimum Gasteiger partial charge on any atom is -0.266 e. The molecule has 0 fully saturated rings. The number of nitrogens with one attached hydrogen (secondary N) is 1. The summed E-state index contributed by atoms with van der Waals surface area (Å²) in [6.45, 7) is 0. The molecule has 0 aliphatic heterocycles. The van der Waals surface area contributed by atoms with Gasteiger partial charge in [-0.05, 0) is 29.7 Å². The molecule has 106 valence electrons. The molecule has 6 nitrogen and oxygen atoms in total. The summed E-state index contributed by atoms with van der Waals surface area (Å²) in [4.78, 5) is 22.5. The summed E-state index contributed by atoms with van der Waals surface area (Å²) in [5.74, 6) is -0.291. The van der Waals surface area contributed by atoms with E-state index in [1.807, 2.05) is 0 Å². The van der Waals surface area contributed by atoms with Crippen molar-refractivity contribution in [2.75, 3.05) is 0 Å². The van der Waals surface area contributed by atoms with Crippen LogP contribution in [0.3, 0.4) is 0 Å². The van der Waals surface area contributed by atoms with Crippen LogP contribution < -0.4 is 5.43 Å². The van der Waals surface area contributed by atoms with Crippen LogP contribution in [-0.4, -0.2) is 17.0 Å².